The Morgan fingerprint density at radius 1 is 1.67 bits per heavy atom. The summed E-state index contributed by atoms with van der Waals surface area (Å²) < 4.78 is 0. The Kier molecular flexibility index (Phi) is 3.05. The van der Waals surface area contributed by atoms with E-state index in [0.29, 0.717) is 36.1 Å². The Labute approximate surface area is 104 Å². The lowest BCUT2D eigenvalue weighted by atomic mass is 10.2. The van der Waals surface area contributed by atoms with Gasteiger partial charge in [0.2, 0.25) is 0 Å². The molecule has 18 heavy (non-hydrogen) atoms. The summed E-state index contributed by atoms with van der Waals surface area (Å²) in [5.41, 5.74) is 7.79. The van der Waals surface area contributed by atoms with E-state index in [9.17, 15) is 4.79 Å². The molecular weight excluding hydrogens is 234 g/mol. The molecular formula is C11H15N5O2. The summed E-state index contributed by atoms with van der Waals surface area (Å²) in [6.45, 7) is 4.52. The number of amides is 1. The molecule has 0 saturated heterocycles. The molecule has 0 unspecified atom stereocenters. The Morgan fingerprint density at radius 2 is 2.39 bits per heavy atom. The van der Waals surface area contributed by atoms with Crippen LogP contribution in [0.1, 0.15) is 13.8 Å². The number of carboxylic acid groups (broad SMARTS) is 1. The lowest BCUT2D eigenvalue weighted by Gasteiger charge is -2.21. The molecule has 4 N–H and O–H groups in total. The van der Waals surface area contributed by atoms with Crippen molar-refractivity contribution in [2.24, 2.45) is 4.99 Å². The number of nitrogens with two attached hydrogens (primary N) is 1. The third kappa shape index (κ3) is 2.06. The Bertz CT molecular complexity index is 526. The highest BCUT2D eigenvalue weighted by atomic mass is 16.4. The van der Waals surface area contributed by atoms with Gasteiger partial charge in [0.1, 0.15) is 11.5 Å². The van der Waals surface area contributed by atoms with Crippen molar-refractivity contribution < 1.29 is 9.90 Å². The topological polar surface area (TPSA) is 104 Å². The average Bonchev–Trinajstić information content (AvgIpc) is 2.30. The second-order valence-corrected chi connectivity index (χ2v) is 3.99. The first-order valence-corrected chi connectivity index (χ1v) is 5.62. The number of hydrogen-bond donors (Lipinski definition) is 3. The number of hydrogen-bond acceptors (Lipinski definition) is 5. The molecule has 0 bridgehead atoms. The van der Waals surface area contributed by atoms with Gasteiger partial charge in [0, 0.05) is 18.3 Å². The first kappa shape index (κ1) is 12.2. The van der Waals surface area contributed by atoms with E-state index in [1.807, 2.05) is 6.92 Å². The zero-order valence-corrected chi connectivity index (χ0v) is 10.3. The predicted octanol–water partition coefficient (Wildman–Crippen LogP) is 1.69. The maximum atomic E-state index is 11.1. The van der Waals surface area contributed by atoms with E-state index >= 15 is 0 Å². The third-order valence-electron chi connectivity index (χ3n) is 2.65. The fourth-order valence-corrected chi connectivity index (χ4v) is 1.76. The number of anilines is 3. The minimum absolute atomic E-state index is 0.308. The molecule has 0 aromatic carbocycles. The van der Waals surface area contributed by atoms with Gasteiger partial charge in [-0.15, -0.1) is 0 Å². The van der Waals surface area contributed by atoms with Gasteiger partial charge in [0.15, 0.2) is 5.82 Å². The molecule has 7 heteroatoms. The summed E-state index contributed by atoms with van der Waals surface area (Å²) >= 11 is 0. The molecule has 0 aliphatic carbocycles. The highest BCUT2D eigenvalue weighted by Crippen LogP contribution is 2.35. The molecule has 0 saturated carbocycles. The summed E-state index contributed by atoms with van der Waals surface area (Å²) in [7, 11) is 0. The fraction of sp³-hybridized carbons (Fsp3) is 0.364. The summed E-state index contributed by atoms with van der Waals surface area (Å²) in [6.07, 6.45) is -1.06. The van der Waals surface area contributed by atoms with Crippen LogP contribution >= 0.6 is 0 Å². The number of nitrogens with zero attached hydrogens (tertiary/aromatic N) is 3. The van der Waals surface area contributed by atoms with Crippen molar-refractivity contribution in [1.29, 1.82) is 0 Å². The molecule has 1 amide bonds. The molecule has 0 spiro atoms. The van der Waals surface area contributed by atoms with Crippen molar-refractivity contribution in [1.82, 2.24) is 4.98 Å². The largest absolute Gasteiger partial charge is 0.465 e. The molecule has 0 fully saturated rings. The van der Waals surface area contributed by atoms with Crippen molar-refractivity contribution in [3.63, 3.8) is 0 Å². The second-order valence-electron chi connectivity index (χ2n) is 3.99. The number of nitrogen functional groups attached to an aromatic ring is 1. The van der Waals surface area contributed by atoms with Gasteiger partial charge in [-0.3, -0.25) is 9.89 Å². The highest BCUT2D eigenvalue weighted by Gasteiger charge is 2.19. The van der Waals surface area contributed by atoms with Crippen LogP contribution in [-0.4, -0.2) is 35.0 Å². The normalized spacial score (nSPS) is 13.3. The lowest BCUT2D eigenvalue weighted by Crippen LogP contribution is -2.30. The zero-order chi connectivity index (χ0) is 13.3. The van der Waals surface area contributed by atoms with Gasteiger partial charge < -0.3 is 16.2 Å². The summed E-state index contributed by atoms with van der Waals surface area (Å²) in [4.78, 5) is 20.8. The molecule has 1 aromatic heterocycles. The number of fused-ring (bicyclic) bond motifs is 1. The van der Waals surface area contributed by atoms with Crippen LogP contribution in [0.2, 0.25) is 0 Å². The summed E-state index contributed by atoms with van der Waals surface area (Å²) in [5.74, 6) is 0.832. The van der Waals surface area contributed by atoms with Crippen molar-refractivity contribution in [2.45, 2.75) is 13.8 Å². The molecule has 1 aromatic rings. The lowest BCUT2D eigenvalue weighted by molar-refractivity contribution is 0.202. The monoisotopic (exact) mass is 249 g/mol. The molecule has 2 heterocycles. The minimum Gasteiger partial charge on any atom is -0.465 e. The van der Waals surface area contributed by atoms with E-state index in [-0.39, 0.29) is 0 Å². The molecule has 1 aliphatic heterocycles. The van der Waals surface area contributed by atoms with Crippen LogP contribution in [0, 0.1) is 0 Å². The van der Waals surface area contributed by atoms with Crippen LogP contribution in [0.3, 0.4) is 0 Å². The minimum atomic E-state index is -1.06. The van der Waals surface area contributed by atoms with Gasteiger partial charge in [-0.2, -0.15) is 0 Å². The molecule has 7 nitrogen and oxygen atoms in total. The van der Waals surface area contributed by atoms with Gasteiger partial charge in [0.25, 0.3) is 0 Å². The van der Waals surface area contributed by atoms with Crippen molar-refractivity contribution in [2.75, 3.05) is 29.0 Å². The Hall–Kier alpha value is -2.31. The maximum absolute atomic E-state index is 11.1. The van der Waals surface area contributed by atoms with Crippen molar-refractivity contribution >= 4 is 34.8 Å². The third-order valence-corrected chi connectivity index (χ3v) is 2.65. The smallest absolute Gasteiger partial charge is 0.413 e. The summed E-state index contributed by atoms with van der Waals surface area (Å²) in [6, 6.07) is 1.53. The van der Waals surface area contributed by atoms with Gasteiger partial charge >= 0.3 is 6.09 Å². The van der Waals surface area contributed by atoms with Crippen LogP contribution in [-0.2, 0) is 0 Å². The van der Waals surface area contributed by atoms with Crippen LogP contribution in [0.4, 0.5) is 27.8 Å². The first-order chi connectivity index (χ1) is 8.52. The van der Waals surface area contributed by atoms with Gasteiger partial charge in [-0.1, -0.05) is 0 Å². The number of carbonyl (C=O) groups is 1. The second kappa shape index (κ2) is 4.52. The van der Waals surface area contributed by atoms with Crippen LogP contribution in [0.5, 0.6) is 0 Å². The van der Waals surface area contributed by atoms with E-state index < -0.39 is 6.09 Å². The van der Waals surface area contributed by atoms with Crippen LogP contribution in [0.15, 0.2) is 11.1 Å². The van der Waals surface area contributed by atoms with Gasteiger partial charge in [-0.25, -0.2) is 9.78 Å². The average molecular weight is 249 g/mol. The van der Waals surface area contributed by atoms with E-state index in [2.05, 4.69) is 15.3 Å². The number of aromatic nitrogens is 1. The highest BCUT2D eigenvalue weighted by molar-refractivity contribution is 5.97. The predicted molar refractivity (Wildman–Crippen MR) is 71.0 cm³/mol. The van der Waals surface area contributed by atoms with E-state index in [1.54, 1.807) is 6.92 Å². The van der Waals surface area contributed by atoms with Crippen molar-refractivity contribution in [3.8, 4) is 0 Å². The SMILES string of the molecule is CCN(C(=O)O)c1cc(N)c2c(n1)NCC(C)=N2. The van der Waals surface area contributed by atoms with Crippen LogP contribution in [0.25, 0.3) is 0 Å². The number of nitrogens with one attached hydrogen (secondary N) is 1. The Balaban J connectivity index is 2.48. The Morgan fingerprint density at radius 3 is 3.00 bits per heavy atom. The maximum Gasteiger partial charge on any atom is 0.413 e. The van der Waals surface area contributed by atoms with E-state index in [0.717, 1.165) is 10.6 Å². The number of aliphatic imine (C=N–C) groups is 1. The number of pyridine rings is 1. The molecule has 1 aliphatic rings. The zero-order valence-electron chi connectivity index (χ0n) is 10.3. The van der Waals surface area contributed by atoms with E-state index in [1.165, 1.54) is 6.07 Å². The summed E-state index contributed by atoms with van der Waals surface area (Å²) in [5, 5.41) is 12.1. The van der Waals surface area contributed by atoms with Gasteiger partial charge in [-0.05, 0) is 13.8 Å². The standard InChI is InChI=1S/C11H15N5O2/c1-3-16(11(17)18)8-4-7(12)9-10(15-8)13-5-6(2)14-9/h4H,3,5H2,1-2H3,(H,17,18)(H3,12,13,15). The molecule has 0 radical (unpaired) electrons. The quantitative estimate of drug-likeness (QED) is 0.739. The fourth-order valence-electron chi connectivity index (χ4n) is 1.76. The van der Waals surface area contributed by atoms with Crippen molar-refractivity contribution in [3.05, 3.63) is 6.07 Å². The number of rotatable bonds is 2. The first-order valence-electron chi connectivity index (χ1n) is 5.62. The van der Waals surface area contributed by atoms with E-state index in [4.69, 9.17) is 10.8 Å². The van der Waals surface area contributed by atoms with Gasteiger partial charge in [0.05, 0.1) is 12.2 Å². The molecule has 0 atom stereocenters. The molecule has 96 valence electrons. The molecule has 2 rings (SSSR count). The van der Waals surface area contributed by atoms with Crippen LogP contribution < -0.4 is 16.0 Å².